The summed E-state index contributed by atoms with van der Waals surface area (Å²) < 4.78 is 22.6. The number of sulfone groups is 1. The lowest BCUT2D eigenvalue weighted by Crippen LogP contribution is -2.45. The van der Waals surface area contributed by atoms with E-state index >= 15 is 0 Å². The largest absolute Gasteiger partial charge is 0.390 e. The van der Waals surface area contributed by atoms with Crippen LogP contribution in [0.1, 0.15) is 19.3 Å². The monoisotopic (exact) mass is 219 g/mol. The number of hydrogen-bond acceptors (Lipinski definition) is 4. The fourth-order valence-electron chi connectivity index (χ4n) is 2.41. The van der Waals surface area contributed by atoms with Crippen LogP contribution in [-0.4, -0.2) is 55.2 Å². The van der Waals surface area contributed by atoms with Crippen LogP contribution in [0.2, 0.25) is 0 Å². The van der Waals surface area contributed by atoms with Crippen LogP contribution >= 0.6 is 0 Å². The minimum atomic E-state index is -2.99. The molecular formula is C9H17NO3S. The summed E-state index contributed by atoms with van der Waals surface area (Å²) in [4.78, 5) is 2.14. The number of aliphatic hydroxyl groups excluding tert-OH is 1. The summed E-state index contributed by atoms with van der Waals surface area (Å²) in [7, 11) is -2.99. The zero-order chi connectivity index (χ0) is 10.2. The van der Waals surface area contributed by atoms with Gasteiger partial charge in [-0.15, -0.1) is 0 Å². The van der Waals surface area contributed by atoms with Crippen molar-refractivity contribution in [1.29, 1.82) is 0 Å². The van der Waals surface area contributed by atoms with Crippen LogP contribution < -0.4 is 0 Å². The molecule has 2 atom stereocenters. The molecule has 4 nitrogen and oxygen atoms in total. The molecule has 82 valence electrons. The normalized spacial score (nSPS) is 38.6. The number of hydrogen-bond donors (Lipinski definition) is 1. The van der Waals surface area contributed by atoms with E-state index in [0.29, 0.717) is 0 Å². The van der Waals surface area contributed by atoms with Gasteiger partial charge < -0.3 is 5.11 Å². The Hall–Kier alpha value is -0.130. The van der Waals surface area contributed by atoms with Crippen LogP contribution in [0.25, 0.3) is 0 Å². The zero-order valence-electron chi connectivity index (χ0n) is 8.22. The standard InChI is InChI=1S/C9H17NO3S/c11-9-7-14(12,13)6-8(9)10-4-2-1-3-5-10/h8-9,11H,1-7H2/t8-,9-/m1/s1. The van der Waals surface area contributed by atoms with Gasteiger partial charge in [0.25, 0.3) is 0 Å². The van der Waals surface area contributed by atoms with Gasteiger partial charge in [0, 0.05) is 0 Å². The van der Waals surface area contributed by atoms with Crippen molar-refractivity contribution in [2.24, 2.45) is 0 Å². The highest BCUT2D eigenvalue weighted by Gasteiger charge is 2.39. The summed E-state index contributed by atoms with van der Waals surface area (Å²) in [5.74, 6) is 0.0995. The molecule has 0 radical (unpaired) electrons. The van der Waals surface area contributed by atoms with Crippen molar-refractivity contribution in [2.75, 3.05) is 24.6 Å². The highest BCUT2D eigenvalue weighted by atomic mass is 32.2. The van der Waals surface area contributed by atoms with Gasteiger partial charge in [-0.2, -0.15) is 0 Å². The lowest BCUT2D eigenvalue weighted by molar-refractivity contribution is 0.0706. The fraction of sp³-hybridized carbons (Fsp3) is 1.00. The molecule has 0 unspecified atom stereocenters. The van der Waals surface area contributed by atoms with E-state index in [1.165, 1.54) is 6.42 Å². The summed E-state index contributed by atoms with van der Waals surface area (Å²) >= 11 is 0. The van der Waals surface area contributed by atoms with Gasteiger partial charge in [-0.1, -0.05) is 6.42 Å². The third-order valence-electron chi connectivity index (χ3n) is 3.15. The minimum absolute atomic E-state index is 0.0475. The molecule has 2 saturated heterocycles. The van der Waals surface area contributed by atoms with Crippen LogP contribution in [0.15, 0.2) is 0 Å². The van der Waals surface area contributed by atoms with Crippen LogP contribution in [0.4, 0.5) is 0 Å². The Labute approximate surface area is 84.8 Å². The number of piperidine rings is 1. The molecule has 0 spiro atoms. The summed E-state index contributed by atoms with van der Waals surface area (Å²) in [6.07, 6.45) is 2.82. The Morgan fingerprint density at radius 1 is 1.07 bits per heavy atom. The maximum Gasteiger partial charge on any atom is 0.154 e. The Morgan fingerprint density at radius 2 is 1.71 bits per heavy atom. The van der Waals surface area contributed by atoms with Crippen molar-refractivity contribution >= 4 is 9.84 Å². The highest BCUT2D eigenvalue weighted by molar-refractivity contribution is 7.91. The second kappa shape index (κ2) is 3.79. The lowest BCUT2D eigenvalue weighted by Gasteiger charge is -2.33. The third-order valence-corrected chi connectivity index (χ3v) is 4.85. The fourth-order valence-corrected chi connectivity index (χ4v) is 4.24. The maximum atomic E-state index is 11.3. The Morgan fingerprint density at radius 3 is 2.21 bits per heavy atom. The van der Waals surface area contributed by atoms with E-state index < -0.39 is 15.9 Å². The highest BCUT2D eigenvalue weighted by Crippen LogP contribution is 2.21. The molecule has 0 bridgehead atoms. The van der Waals surface area contributed by atoms with E-state index in [0.717, 1.165) is 25.9 Å². The van der Waals surface area contributed by atoms with Gasteiger partial charge in [0.2, 0.25) is 0 Å². The zero-order valence-corrected chi connectivity index (χ0v) is 9.04. The first-order chi connectivity index (χ1) is 6.58. The van der Waals surface area contributed by atoms with Crippen molar-refractivity contribution in [3.63, 3.8) is 0 Å². The van der Waals surface area contributed by atoms with Crippen LogP contribution in [0.5, 0.6) is 0 Å². The number of likely N-dealkylation sites (tertiary alicyclic amines) is 1. The predicted octanol–water partition coefficient (Wildman–Crippen LogP) is -0.370. The number of rotatable bonds is 1. The average Bonchev–Trinajstić information content (AvgIpc) is 2.41. The van der Waals surface area contributed by atoms with Gasteiger partial charge in [0.05, 0.1) is 23.7 Å². The van der Waals surface area contributed by atoms with Crippen LogP contribution in [0, 0.1) is 0 Å². The Balaban J connectivity index is 2.04. The van der Waals surface area contributed by atoms with Crippen molar-refractivity contribution < 1.29 is 13.5 Å². The van der Waals surface area contributed by atoms with Crippen LogP contribution in [-0.2, 0) is 9.84 Å². The first-order valence-electron chi connectivity index (χ1n) is 5.21. The van der Waals surface area contributed by atoms with E-state index in [2.05, 4.69) is 4.90 Å². The molecular weight excluding hydrogens is 202 g/mol. The molecule has 0 amide bonds. The minimum Gasteiger partial charge on any atom is -0.390 e. The van der Waals surface area contributed by atoms with Gasteiger partial charge in [-0.25, -0.2) is 8.42 Å². The molecule has 2 heterocycles. The lowest BCUT2D eigenvalue weighted by atomic mass is 10.1. The smallest absolute Gasteiger partial charge is 0.154 e. The van der Waals surface area contributed by atoms with Crippen molar-refractivity contribution in [1.82, 2.24) is 4.90 Å². The molecule has 0 aromatic rings. The van der Waals surface area contributed by atoms with Gasteiger partial charge in [0.15, 0.2) is 9.84 Å². The molecule has 0 aromatic heterocycles. The Kier molecular flexibility index (Phi) is 2.81. The molecule has 14 heavy (non-hydrogen) atoms. The number of nitrogens with zero attached hydrogens (tertiary/aromatic N) is 1. The summed E-state index contributed by atoms with van der Waals surface area (Å²) in [6, 6.07) is -0.139. The third kappa shape index (κ3) is 2.10. The predicted molar refractivity (Wildman–Crippen MR) is 53.9 cm³/mol. The molecule has 2 fully saturated rings. The topological polar surface area (TPSA) is 57.6 Å². The van der Waals surface area contributed by atoms with E-state index in [9.17, 15) is 13.5 Å². The van der Waals surface area contributed by atoms with Gasteiger partial charge >= 0.3 is 0 Å². The van der Waals surface area contributed by atoms with Gasteiger partial charge in [-0.3, -0.25) is 4.90 Å². The summed E-state index contributed by atoms with van der Waals surface area (Å²) in [5.41, 5.74) is 0. The molecule has 0 aliphatic carbocycles. The second-order valence-electron chi connectivity index (χ2n) is 4.31. The first kappa shape index (κ1) is 10.4. The van der Waals surface area contributed by atoms with Crippen molar-refractivity contribution in [3.05, 3.63) is 0 Å². The number of aliphatic hydroxyl groups is 1. The van der Waals surface area contributed by atoms with E-state index in [1.54, 1.807) is 0 Å². The van der Waals surface area contributed by atoms with Gasteiger partial charge in [0.1, 0.15) is 0 Å². The molecule has 2 rings (SSSR count). The quantitative estimate of drug-likeness (QED) is 0.654. The maximum absolute atomic E-state index is 11.3. The van der Waals surface area contributed by atoms with Crippen LogP contribution in [0.3, 0.4) is 0 Å². The molecule has 0 saturated carbocycles. The van der Waals surface area contributed by atoms with Gasteiger partial charge in [-0.05, 0) is 25.9 Å². The molecule has 0 aromatic carbocycles. The average molecular weight is 219 g/mol. The molecule has 1 N–H and O–H groups in total. The SMILES string of the molecule is O=S1(=O)C[C@@H](O)[C@H](N2CCCCC2)C1. The van der Waals surface area contributed by atoms with E-state index in [4.69, 9.17) is 0 Å². The molecule has 2 aliphatic rings. The van der Waals surface area contributed by atoms with Crippen molar-refractivity contribution in [2.45, 2.75) is 31.4 Å². The summed E-state index contributed by atoms with van der Waals surface area (Å²) in [5, 5.41) is 9.66. The van der Waals surface area contributed by atoms with E-state index in [-0.39, 0.29) is 17.5 Å². The molecule has 2 aliphatic heterocycles. The van der Waals surface area contributed by atoms with E-state index in [1.807, 2.05) is 0 Å². The molecule has 5 heteroatoms. The Bertz CT molecular complexity index is 295. The second-order valence-corrected chi connectivity index (χ2v) is 6.46. The van der Waals surface area contributed by atoms with Crippen molar-refractivity contribution in [3.8, 4) is 0 Å². The summed E-state index contributed by atoms with van der Waals surface area (Å²) in [6.45, 7) is 1.88. The first-order valence-corrected chi connectivity index (χ1v) is 7.03.